The van der Waals surface area contributed by atoms with E-state index in [4.69, 9.17) is 4.74 Å². The number of carbonyl (C=O) groups is 1. The monoisotopic (exact) mass is 340 g/mol. The fraction of sp³-hybridized carbons (Fsp3) is 0.625. The molecule has 0 bridgehead atoms. The van der Waals surface area contributed by atoms with Crippen molar-refractivity contribution >= 4 is 15.9 Å². The Morgan fingerprint density at radius 2 is 2.09 bits per heavy atom. The average Bonchev–Trinajstić information content (AvgIpc) is 2.85. The molecule has 128 valence electrons. The quantitative estimate of drug-likeness (QED) is 0.844. The van der Waals surface area contributed by atoms with E-state index in [-0.39, 0.29) is 22.8 Å². The van der Waals surface area contributed by atoms with Gasteiger partial charge >= 0.3 is 6.09 Å². The van der Waals surface area contributed by atoms with Crippen LogP contribution in [0, 0.1) is 12.8 Å². The van der Waals surface area contributed by atoms with Gasteiger partial charge in [-0.25, -0.2) is 18.2 Å². The Hall–Kier alpha value is -1.63. The molecule has 0 radical (unpaired) electrons. The fourth-order valence-electron chi connectivity index (χ4n) is 2.49. The lowest BCUT2D eigenvalue weighted by molar-refractivity contribution is 0.0289. The SMILES string of the molecule is Cc1ccc(S(=O)(=O)C[C@H]2CCN(C(=O)OC(C)(C)C)C2)nc1. The summed E-state index contributed by atoms with van der Waals surface area (Å²) in [5.74, 6) is -0.0850. The number of aryl methyl sites for hydroxylation is 1. The van der Waals surface area contributed by atoms with Gasteiger partial charge < -0.3 is 9.64 Å². The van der Waals surface area contributed by atoms with Crippen molar-refractivity contribution in [2.45, 2.75) is 44.7 Å². The molecular weight excluding hydrogens is 316 g/mol. The van der Waals surface area contributed by atoms with Crippen LogP contribution in [0.1, 0.15) is 32.8 Å². The first kappa shape index (κ1) is 17.7. The van der Waals surface area contributed by atoms with Crippen molar-refractivity contribution in [1.82, 2.24) is 9.88 Å². The Morgan fingerprint density at radius 1 is 1.39 bits per heavy atom. The fourth-order valence-corrected chi connectivity index (χ4v) is 4.05. The van der Waals surface area contributed by atoms with Gasteiger partial charge in [0, 0.05) is 19.3 Å². The molecule has 0 saturated carbocycles. The maximum atomic E-state index is 12.4. The lowest BCUT2D eigenvalue weighted by atomic mass is 10.2. The summed E-state index contributed by atoms with van der Waals surface area (Å²) in [6, 6.07) is 3.27. The third-order valence-corrected chi connectivity index (χ3v) is 5.38. The van der Waals surface area contributed by atoms with Gasteiger partial charge in [0.15, 0.2) is 14.9 Å². The molecule has 0 aromatic carbocycles. The average molecular weight is 340 g/mol. The molecule has 2 heterocycles. The van der Waals surface area contributed by atoms with Crippen LogP contribution < -0.4 is 0 Å². The number of sulfone groups is 1. The summed E-state index contributed by atoms with van der Waals surface area (Å²) in [7, 11) is -3.43. The molecule has 23 heavy (non-hydrogen) atoms. The zero-order chi connectivity index (χ0) is 17.3. The number of likely N-dealkylation sites (tertiary alicyclic amines) is 1. The van der Waals surface area contributed by atoms with Crippen molar-refractivity contribution in [2.24, 2.45) is 5.92 Å². The van der Waals surface area contributed by atoms with Crippen molar-refractivity contribution < 1.29 is 17.9 Å². The first-order valence-corrected chi connectivity index (χ1v) is 9.35. The van der Waals surface area contributed by atoms with E-state index in [1.54, 1.807) is 17.2 Å². The molecule has 1 aromatic heterocycles. The molecule has 0 unspecified atom stereocenters. The molecule has 1 atom stereocenters. The van der Waals surface area contributed by atoms with E-state index in [9.17, 15) is 13.2 Å². The van der Waals surface area contributed by atoms with E-state index in [0.29, 0.717) is 19.5 Å². The van der Waals surface area contributed by atoms with Gasteiger partial charge in [-0.3, -0.25) is 0 Å². The second-order valence-electron chi connectivity index (χ2n) is 7.04. The molecule has 6 nitrogen and oxygen atoms in total. The van der Waals surface area contributed by atoms with E-state index in [1.165, 1.54) is 6.07 Å². The number of pyridine rings is 1. The van der Waals surface area contributed by atoms with Crippen LogP contribution in [0.5, 0.6) is 0 Å². The van der Waals surface area contributed by atoms with Crippen LogP contribution in [0.25, 0.3) is 0 Å². The number of amides is 1. The number of rotatable bonds is 3. The number of hydrogen-bond donors (Lipinski definition) is 0. The third kappa shape index (κ3) is 4.92. The molecule has 0 spiro atoms. The highest BCUT2D eigenvalue weighted by atomic mass is 32.2. The number of ether oxygens (including phenoxy) is 1. The minimum Gasteiger partial charge on any atom is -0.444 e. The van der Waals surface area contributed by atoms with Crippen molar-refractivity contribution in [3.05, 3.63) is 23.9 Å². The summed E-state index contributed by atoms with van der Waals surface area (Å²) in [5.41, 5.74) is 0.369. The molecule has 1 amide bonds. The lowest BCUT2D eigenvalue weighted by Gasteiger charge is -2.24. The molecule has 1 fully saturated rings. The normalized spacial score (nSPS) is 19.0. The van der Waals surface area contributed by atoms with Gasteiger partial charge in [0.25, 0.3) is 0 Å². The van der Waals surface area contributed by atoms with E-state index in [2.05, 4.69) is 4.98 Å². The summed E-state index contributed by atoms with van der Waals surface area (Å²) in [6.07, 6.45) is 1.82. The van der Waals surface area contributed by atoms with Gasteiger partial charge in [-0.1, -0.05) is 6.07 Å². The molecule has 0 aliphatic carbocycles. The molecule has 0 N–H and O–H groups in total. The molecule has 1 saturated heterocycles. The molecule has 1 aromatic rings. The zero-order valence-electron chi connectivity index (χ0n) is 14.1. The second kappa shape index (κ2) is 6.47. The van der Waals surface area contributed by atoms with Crippen LogP contribution >= 0.6 is 0 Å². The summed E-state index contributed by atoms with van der Waals surface area (Å²) < 4.78 is 30.1. The highest BCUT2D eigenvalue weighted by Gasteiger charge is 2.33. The lowest BCUT2D eigenvalue weighted by Crippen LogP contribution is -2.35. The molecule has 1 aliphatic heterocycles. The maximum Gasteiger partial charge on any atom is 0.410 e. The van der Waals surface area contributed by atoms with Gasteiger partial charge in [-0.15, -0.1) is 0 Å². The van der Waals surface area contributed by atoms with Crippen LogP contribution in [0.3, 0.4) is 0 Å². The van der Waals surface area contributed by atoms with Gasteiger partial charge in [0.1, 0.15) is 5.60 Å². The Labute approximate surface area is 137 Å². The van der Waals surface area contributed by atoms with Crippen molar-refractivity contribution in [1.29, 1.82) is 0 Å². The van der Waals surface area contributed by atoms with Crippen molar-refractivity contribution in [3.8, 4) is 0 Å². The zero-order valence-corrected chi connectivity index (χ0v) is 14.9. The van der Waals surface area contributed by atoms with Gasteiger partial charge in [-0.2, -0.15) is 0 Å². The first-order chi connectivity index (χ1) is 10.6. The second-order valence-corrected chi connectivity index (χ2v) is 9.02. The molecule has 2 rings (SSSR count). The highest BCUT2D eigenvalue weighted by molar-refractivity contribution is 7.91. The summed E-state index contributed by atoms with van der Waals surface area (Å²) in [5, 5.41) is 0.0961. The number of carbonyl (C=O) groups excluding carboxylic acids is 1. The van der Waals surface area contributed by atoms with Gasteiger partial charge in [0.05, 0.1) is 5.75 Å². The third-order valence-electron chi connectivity index (χ3n) is 3.60. The van der Waals surface area contributed by atoms with E-state index in [0.717, 1.165) is 5.56 Å². The standard InChI is InChI=1S/C16H24N2O4S/c1-12-5-6-14(17-9-12)23(20,21)11-13-7-8-18(10-13)15(19)22-16(2,3)4/h5-6,9,13H,7-8,10-11H2,1-4H3/t13-/m0/s1. The van der Waals surface area contributed by atoms with E-state index < -0.39 is 15.4 Å². The number of nitrogens with zero attached hydrogens (tertiary/aromatic N) is 2. The molecule has 1 aliphatic rings. The Bertz CT molecular complexity index is 662. The first-order valence-electron chi connectivity index (χ1n) is 7.70. The summed E-state index contributed by atoms with van der Waals surface area (Å²) >= 11 is 0. The maximum absolute atomic E-state index is 12.4. The van der Waals surface area contributed by atoms with Gasteiger partial charge in [0.2, 0.25) is 0 Å². The van der Waals surface area contributed by atoms with Crippen molar-refractivity contribution in [2.75, 3.05) is 18.8 Å². The van der Waals surface area contributed by atoms with Crippen molar-refractivity contribution in [3.63, 3.8) is 0 Å². The predicted molar refractivity (Wildman–Crippen MR) is 86.9 cm³/mol. The summed E-state index contributed by atoms with van der Waals surface area (Å²) in [6.45, 7) is 8.22. The van der Waals surface area contributed by atoms with Crippen LogP contribution in [-0.4, -0.2) is 48.8 Å². The van der Waals surface area contributed by atoms with Crippen LogP contribution in [0.2, 0.25) is 0 Å². The summed E-state index contributed by atoms with van der Waals surface area (Å²) in [4.78, 5) is 17.6. The minimum atomic E-state index is -3.43. The predicted octanol–water partition coefficient (Wildman–Crippen LogP) is 2.42. The Morgan fingerprint density at radius 3 is 2.65 bits per heavy atom. The smallest absolute Gasteiger partial charge is 0.410 e. The Balaban J connectivity index is 1.97. The van der Waals surface area contributed by atoms with E-state index >= 15 is 0 Å². The Kier molecular flexibility index (Phi) is 4.98. The van der Waals surface area contributed by atoms with Crippen LogP contribution in [0.4, 0.5) is 4.79 Å². The topological polar surface area (TPSA) is 76.6 Å². The minimum absolute atomic E-state index is 0.00234. The number of hydrogen-bond acceptors (Lipinski definition) is 5. The van der Waals surface area contributed by atoms with Gasteiger partial charge in [-0.05, 0) is 51.7 Å². The van der Waals surface area contributed by atoms with Crippen LogP contribution in [-0.2, 0) is 14.6 Å². The number of aromatic nitrogens is 1. The van der Waals surface area contributed by atoms with Crippen LogP contribution in [0.15, 0.2) is 23.4 Å². The largest absolute Gasteiger partial charge is 0.444 e. The highest BCUT2D eigenvalue weighted by Crippen LogP contribution is 2.23. The van der Waals surface area contributed by atoms with E-state index in [1.807, 2.05) is 27.7 Å². The molecular formula is C16H24N2O4S. The molecule has 7 heteroatoms.